The third-order valence-electron chi connectivity index (χ3n) is 2.93. The average molecular weight is 289 g/mol. The van der Waals surface area contributed by atoms with Crippen molar-refractivity contribution in [2.24, 2.45) is 0 Å². The van der Waals surface area contributed by atoms with Gasteiger partial charge in [0.15, 0.2) is 0 Å². The van der Waals surface area contributed by atoms with Crippen LogP contribution in [-0.2, 0) is 0 Å². The van der Waals surface area contributed by atoms with E-state index in [9.17, 15) is 9.90 Å². The molecule has 3 rings (SSSR count). The summed E-state index contributed by atoms with van der Waals surface area (Å²) in [6.07, 6.45) is 1.06. The number of hydrogen-bond donors (Lipinski definition) is 1. The number of fused-ring (bicyclic) bond motifs is 2. The van der Waals surface area contributed by atoms with Crippen molar-refractivity contribution < 1.29 is 9.90 Å². The van der Waals surface area contributed by atoms with Gasteiger partial charge in [-0.1, -0.05) is 23.9 Å². The first-order valence-corrected chi connectivity index (χ1v) is 7.73. The molecule has 0 aromatic heterocycles. The van der Waals surface area contributed by atoms with Gasteiger partial charge in [-0.05, 0) is 36.6 Å². The number of nitrogens with zero attached hydrogens (tertiary/aromatic N) is 1. The molecule has 1 N–H and O–H groups in total. The third-order valence-corrected chi connectivity index (χ3v) is 4.76. The minimum Gasteiger partial charge on any atom is -0.464 e. The molecule has 1 heterocycles. The largest absolute Gasteiger partial charge is 0.464 e. The van der Waals surface area contributed by atoms with Crippen LogP contribution in [-0.4, -0.2) is 17.5 Å². The van der Waals surface area contributed by atoms with Crippen LogP contribution in [0.3, 0.4) is 0 Å². The zero-order chi connectivity index (χ0) is 13.4. The van der Waals surface area contributed by atoms with Crippen molar-refractivity contribution in [1.82, 2.24) is 0 Å². The quantitative estimate of drug-likeness (QED) is 0.773. The van der Waals surface area contributed by atoms with Crippen molar-refractivity contribution in [2.75, 3.05) is 11.2 Å². The summed E-state index contributed by atoms with van der Waals surface area (Å²) in [6.45, 7) is 0. The molecule has 96 valence electrons. The summed E-state index contributed by atoms with van der Waals surface area (Å²) < 4.78 is 0. The van der Waals surface area contributed by atoms with Crippen LogP contribution in [0.25, 0.3) is 0 Å². The number of benzene rings is 2. The number of carboxylic acid groups (broad SMARTS) is 1. The van der Waals surface area contributed by atoms with Gasteiger partial charge in [-0.3, -0.25) is 0 Å². The van der Waals surface area contributed by atoms with E-state index in [1.807, 2.05) is 48.7 Å². The first-order valence-electron chi connectivity index (χ1n) is 5.68. The molecule has 0 saturated carbocycles. The SMILES string of the molecule is CSc1ccc2c(c1)Sc1ccccc1N2C(=O)O. The summed E-state index contributed by atoms with van der Waals surface area (Å²) in [5, 5.41) is 9.47. The predicted octanol–water partition coefficient (Wildman–Crippen LogP) is 4.69. The second kappa shape index (κ2) is 4.83. The number of hydrogen-bond acceptors (Lipinski definition) is 3. The smallest absolute Gasteiger partial charge is 0.416 e. The molecule has 19 heavy (non-hydrogen) atoms. The molecule has 0 aliphatic carbocycles. The standard InChI is InChI=1S/C14H11NO2S2/c1-18-9-6-7-11-13(8-9)19-12-5-3-2-4-10(12)15(11)14(16)17/h2-8H,1H3,(H,16,17). The van der Waals surface area contributed by atoms with Gasteiger partial charge in [0.1, 0.15) is 0 Å². The highest BCUT2D eigenvalue weighted by atomic mass is 32.2. The molecule has 5 heteroatoms. The lowest BCUT2D eigenvalue weighted by Gasteiger charge is -2.28. The van der Waals surface area contributed by atoms with Crippen LogP contribution in [0.4, 0.5) is 16.2 Å². The van der Waals surface area contributed by atoms with E-state index in [1.165, 1.54) is 4.90 Å². The number of rotatable bonds is 1. The molecule has 1 aliphatic rings. The molecule has 0 saturated heterocycles. The summed E-state index contributed by atoms with van der Waals surface area (Å²) in [5.74, 6) is 0. The highest BCUT2D eigenvalue weighted by Crippen LogP contribution is 2.48. The number of amides is 1. The maximum Gasteiger partial charge on any atom is 0.416 e. The van der Waals surface area contributed by atoms with E-state index >= 15 is 0 Å². The number of thioether (sulfide) groups is 1. The van der Waals surface area contributed by atoms with Crippen LogP contribution in [0, 0.1) is 0 Å². The molecule has 0 unspecified atom stereocenters. The van der Waals surface area contributed by atoms with Crippen molar-refractivity contribution in [3.05, 3.63) is 42.5 Å². The fraction of sp³-hybridized carbons (Fsp3) is 0.0714. The molecule has 0 radical (unpaired) electrons. The zero-order valence-corrected chi connectivity index (χ0v) is 11.8. The molecule has 1 aliphatic heterocycles. The van der Waals surface area contributed by atoms with E-state index in [2.05, 4.69) is 0 Å². The van der Waals surface area contributed by atoms with Crippen molar-refractivity contribution in [1.29, 1.82) is 0 Å². The van der Waals surface area contributed by atoms with Crippen LogP contribution in [0.15, 0.2) is 57.2 Å². The monoisotopic (exact) mass is 289 g/mol. The van der Waals surface area contributed by atoms with Gasteiger partial charge in [0.05, 0.1) is 11.4 Å². The first-order chi connectivity index (χ1) is 9.20. The van der Waals surface area contributed by atoms with Crippen molar-refractivity contribution >= 4 is 41.0 Å². The van der Waals surface area contributed by atoms with Crippen LogP contribution in [0.2, 0.25) is 0 Å². The highest BCUT2D eigenvalue weighted by Gasteiger charge is 2.27. The van der Waals surface area contributed by atoms with E-state index in [4.69, 9.17) is 0 Å². The minimum absolute atomic E-state index is 0.726. The Labute approximate surface area is 119 Å². The fourth-order valence-electron chi connectivity index (χ4n) is 2.07. The normalized spacial score (nSPS) is 12.8. The van der Waals surface area contributed by atoms with Crippen molar-refractivity contribution in [3.63, 3.8) is 0 Å². The van der Waals surface area contributed by atoms with Crippen LogP contribution in [0.5, 0.6) is 0 Å². The molecular weight excluding hydrogens is 278 g/mol. The molecule has 3 nitrogen and oxygen atoms in total. The summed E-state index contributed by atoms with van der Waals surface area (Å²) in [7, 11) is 0. The maximum absolute atomic E-state index is 11.5. The Morgan fingerprint density at radius 1 is 1.16 bits per heavy atom. The van der Waals surface area contributed by atoms with E-state index in [0.717, 1.165) is 26.1 Å². The molecule has 0 atom stereocenters. The summed E-state index contributed by atoms with van der Waals surface area (Å²) >= 11 is 3.27. The number of para-hydroxylation sites is 1. The summed E-state index contributed by atoms with van der Waals surface area (Å²) in [5.41, 5.74) is 1.46. The number of carbonyl (C=O) groups is 1. The van der Waals surface area contributed by atoms with Crippen LogP contribution in [0.1, 0.15) is 0 Å². The Balaban J connectivity index is 2.19. The molecule has 1 amide bonds. The fourth-order valence-corrected chi connectivity index (χ4v) is 3.68. The number of anilines is 2. The molecule has 0 fully saturated rings. The van der Waals surface area contributed by atoms with Gasteiger partial charge in [-0.25, -0.2) is 9.69 Å². The summed E-state index contributed by atoms with van der Waals surface area (Å²) in [6, 6.07) is 13.4. The van der Waals surface area contributed by atoms with Gasteiger partial charge in [0, 0.05) is 14.7 Å². The zero-order valence-electron chi connectivity index (χ0n) is 10.2. The Morgan fingerprint density at radius 2 is 1.89 bits per heavy atom. The van der Waals surface area contributed by atoms with Gasteiger partial charge in [-0.15, -0.1) is 11.8 Å². The molecule has 0 spiro atoms. The van der Waals surface area contributed by atoms with Crippen molar-refractivity contribution in [2.45, 2.75) is 14.7 Å². The van der Waals surface area contributed by atoms with Crippen molar-refractivity contribution in [3.8, 4) is 0 Å². The van der Waals surface area contributed by atoms with Gasteiger partial charge < -0.3 is 5.11 Å². The molecule has 0 bridgehead atoms. The predicted molar refractivity (Wildman–Crippen MR) is 79.0 cm³/mol. The highest BCUT2D eigenvalue weighted by molar-refractivity contribution is 8.00. The van der Waals surface area contributed by atoms with Crippen LogP contribution >= 0.6 is 23.5 Å². The lowest BCUT2D eigenvalue weighted by molar-refractivity contribution is 0.204. The third kappa shape index (κ3) is 2.09. The van der Waals surface area contributed by atoms with E-state index < -0.39 is 6.09 Å². The van der Waals surface area contributed by atoms with E-state index in [0.29, 0.717) is 0 Å². The Morgan fingerprint density at radius 3 is 2.63 bits per heavy atom. The lowest BCUT2D eigenvalue weighted by atomic mass is 10.2. The Kier molecular flexibility index (Phi) is 3.16. The minimum atomic E-state index is -0.953. The second-order valence-electron chi connectivity index (χ2n) is 4.02. The topological polar surface area (TPSA) is 40.5 Å². The summed E-state index contributed by atoms with van der Waals surface area (Å²) in [4.78, 5) is 16.0. The first kappa shape index (κ1) is 12.4. The van der Waals surface area contributed by atoms with E-state index in [1.54, 1.807) is 23.5 Å². The Hall–Kier alpha value is -1.59. The average Bonchev–Trinajstić information content (AvgIpc) is 2.43. The van der Waals surface area contributed by atoms with Gasteiger partial charge in [0.25, 0.3) is 0 Å². The van der Waals surface area contributed by atoms with E-state index in [-0.39, 0.29) is 0 Å². The lowest BCUT2D eigenvalue weighted by Crippen LogP contribution is -2.26. The molecular formula is C14H11NO2S2. The van der Waals surface area contributed by atoms with Crippen LogP contribution < -0.4 is 4.90 Å². The second-order valence-corrected chi connectivity index (χ2v) is 5.98. The van der Waals surface area contributed by atoms with Gasteiger partial charge in [-0.2, -0.15) is 0 Å². The molecule has 2 aromatic rings. The Bertz CT molecular complexity index is 658. The van der Waals surface area contributed by atoms with Gasteiger partial charge in [0.2, 0.25) is 0 Å². The van der Waals surface area contributed by atoms with Gasteiger partial charge >= 0.3 is 6.09 Å². The molecule has 2 aromatic carbocycles. The maximum atomic E-state index is 11.5.